The van der Waals surface area contributed by atoms with E-state index in [-0.39, 0.29) is 12.0 Å². The van der Waals surface area contributed by atoms with E-state index in [2.05, 4.69) is 20.1 Å². The summed E-state index contributed by atoms with van der Waals surface area (Å²) in [6, 6.07) is -0.311. The molecule has 2 aromatic heterocycles. The lowest BCUT2D eigenvalue weighted by Gasteiger charge is -2.03. The van der Waals surface area contributed by atoms with Crippen molar-refractivity contribution in [3.63, 3.8) is 0 Å². The van der Waals surface area contributed by atoms with E-state index in [9.17, 15) is 0 Å². The average molecular weight is 249 g/mol. The summed E-state index contributed by atoms with van der Waals surface area (Å²) in [4.78, 5) is 11.3. The van der Waals surface area contributed by atoms with Gasteiger partial charge in [0.15, 0.2) is 5.82 Å². The van der Waals surface area contributed by atoms with E-state index in [1.54, 1.807) is 12.5 Å². The molecule has 18 heavy (non-hydrogen) atoms. The summed E-state index contributed by atoms with van der Waals surface area (Å²) < 4.78 is 10.5. The van der Waals surface area contributed by atoms with Crippen molar-refractivity contribution in [3.8, 4) is 0 Å². The number of hydrogen-bond donors (Lipinski definition) is 2. The van der Waals surface area contributed by atoms with E-state index in [0.717, 1.165) is 18.7 Å². The number of aromatic amines is 1. The molecule has 3 rings (SSSR count). The van der Waals surface area contributed by atoms with Gasteiger partial charge in [-0.2, -0.15) is 4.98 Å². The molecule has 2 unspecified atom stereocenters. The van der Waals surface area contributed by atoms with Crippen LogP contribution in [0.25, 0.3) is 0 Å². The zero-order valence-corrected chi connectivity index (χ0v) is 9.87. The van der Waals surface area contributed by atoms with Gasteiger partial charge in [0, 0.05) is 30.8 Å². The van der Waals surface area contributed by atoms with E-state index in [0.29, 0.717) is 24.7 Å². The van der Waals surface area contributed by atoms with Crippen molar-refractivity contribution in [2.75, 3.05) is 13.2 Å². The second kappa shape index (κ2) is 4.87. The van der Waals surface area contributed by atoms with Crippen molar-refractivity contribution in [3.05, 3.63) is 29.9 Å². The van der Waals surface area contributed by atoms with Crippen LogP contribution in [0.2, 0.25) is 0 Å². The summed E-state index contributed by atoms with van der Waals surface area (Å²) in [5.74, 6) is 1.40. The van der Waals surface area contributed by atoms with E-state index in [4.69, 9.17) is 15.0 Å². The Hall–Kier alpha value is -1.73. The highest BCUT2D eigenvalue weighted by Gasteiger charge is 2.24. The maximum absolute atomic E-state index is 6.02. The molecular weight excluding hydrogens is 234 g/mol. The lowest BCUT2D eigenvalue weighted by molar-refractivity contribution is 0.192. The molecule has 1 fully saturated rings. The normalized spacial score (nSPS) is 21.3. The highest BCUT2D eigenvalue weighted by Crippen LogP contribution is 2.23. The van der Waals surface area contributed by atoms with Gasteiger partial charge in [-0.3, -0.25) is 0 Å². The third kappa shape index (κ3) is 2.27. The van der Waals surface area contributed by atoms with Gasteiger partial charge in [-0.1, -0.05) is 5.16 Å². The standard InChI is InChI=1S/C11H15N5O2/c12-9(3-8-4-13-6-14-8)11-15-10(16-18-11)7-1-2-17-5-7/h4,6-7,9H,1-3,5,12H2,(H,13,14). The van der Waals surface area contributed by atoms with Crippen molar-refractivity contribution in [2.24, 2.45) is 5.73 Å². The minimum absolute atomic E-state index is 0.238. The van der Waals surface area contributed by atoms with Crippen LogP contribution in [0.5, 0.6) is 0 Å². The molecule has 2 atom stereocenters. The van der Waals surface area contributed by atoms with Gasteiger partial charge in [-0.25, -0.2) is 4.98 Å². The summed E-state index contributed by atoms with van der Waals surface area (Å²) in [6.45, 7) is 1.42. The van der Waals surface area contributed by atoms with Crippen LogP contribution < -0.4 is 5.73 Å². The fourth-order valence-corrected chi connectivity index (χ4v) is 2.02. The summed E-state index contributed by atoms with van der Waals surface area (Å²) in [7, 11) is 0. The Kier molecular flexibility index (Phi) is 3.07. The van der Waals surface area contributed by atoms with E-state index in [1.807, 2.05) is 0 Å². The highest BCUT2D eigenvalue weighted by molar-refractivity contribution is 5.04. The number of ether oxygens (including phenoxy) is 1. The Balaban J connectivity index is 1.68. The lowest BCUT2D eigenvalue weighted by atomic mass is 10.1. The highest BCUT2D eigenvalue weighted by atomic mass is 16.5. The monoisotopic (exact) mass is 249 g/mol. The second-order valence-corrected chi connectivity index (χ2v) is 4.44. The Bertz CT molecular complexity index is 489. The zero-order chi connectivity index (χ0) is 12.4. The molecule has 3 heterocycles. The number of aromatic nitrogens is 4. The van der Waals surface area contributed by atoms with Gasteiger partial charge in [0.05, 0.1) is 19.0 Å². The molecule has 0 amide bonds. The van der Waals surface area contributed by atoms with Crippen molar-refractivity contribution >= 4 is 0 Å². The molecule has 0 radical (unpaired) electrons. The summed E-state index contributed by atoms with van der Waals surface area (Å²) in [6.07, 6.45) is 4.90. The Morgan fingerprint density at radius 2 is 2.50 bits per heavy atom. The Morgan fingerprint density at radius 1 is 1.56 bits per heavy atom. The van der Waals surface area contributed by atoms with Gasteiger partial charge in [-0.05, 0) is 6.42 Å². The fourth-order valence-electron chi connectivity index (χ4n) is 2.02. The van der Waals surface area contributed by atoms with Crippen LogP contribution in [0.1, 0.15) is 35.8 Å². The molecule has 3 N–H and O–H groups in total. The maximum Gasteiger partial charge on any atom is 0.243 e. The lowest BCUT2D eigenvalue weighted by Crippen LogP contribution is -2.14. The largest absolute Gasteiger partial charge is 0.381 e. The van der Waals surface area contributed by atoms with Crippen molar-refractivity contribution in [2.45, 2.75) is 24.8 Å². The molecule has 2 aromatic rings. The van der Waals surface area contributed by atoms with Gasteiger partial charge >= 0.3 is 0 Å². The van der Waals surface area contributed by atoms with Crippen LogP contribution in [-0.4, -0.2) is 33.3 Å². The second-order valence-electron chi connectivity index (χ2n) is 4.44. The first-order valence-corrected chi connectivity index (χ1v) is 5.97. The van der Waals surface area contributed by atoms with Gasteiger partial charge in [0.2, 0.25) is 5.89 Å². The Labute approximate surface area is 104 Å². The molecule has 1 aliphatic heterocycles. The smallest absolute Gasteiger partial charge is 0.243 e. The molecular formula is C11H15N5O2. The molecule has 7 nitrogen and oxygen atoms in total. The van der Waals surface area contributed by atoms with Crippen LogP contribution in [-0.2, 0) is 11.2 Å². The van der Waals surface area contributed by atoms with E-state index >= 15 is 0 Å². The first kappa shape index (κ1) is 11.4. The van der Waals surface area contributed by atoms with Crippen LogP contribution in [0, 0.1) is 0 Å². The number of H-pyrrole nitrogens is 1. The van der Waals surface area contributed by atoms with Gasteiger partial charge in [0.1, 0.15) is 0 Å². The molecule has 0 aliphatic carbocycles. The van der Waals surface area contributed by atoms with Gasteiger partial charge in [-0.15, -0.1) is 0 Å². The molecule has 0 spiro atoms. The molecule has 0 bridgehead atoms. The molecule has 0 aromatic carbocycles. The molecule has 7 heteroatoms. The SMILES string of the molecule is NC(Cc1cnc[nH]1)c1nc(C2CCOC2)no1. The van der Waals surface area contributed by atoms with Crippen LogP contribution in [0.3, 0.4) is 0 Å². The van der Waals surface area contributed by atoms with Gasteiger partial charge in [0.25, 0.3) is 0 Å². The van der Waals surface area contributed by atoms with Crippen molar-refractivity contribution in [1.29, 1.82) is 0 Å². The third-order valence-corrected chi connectivity index (χ3v) is 3.06. The first-order chi connectivity index (χ1) is 8.83. The average Bonchev–Trinajstić information content (AvgIpc) is 3.11. The molecule has 1 saturated heterocycles. The molecule has 0 saturated carbocycles. The predicted molar refractivity (Wildman–Crippen MR) is 61.7 cm³/mol. The predicted octanol–water partition coefficient (Wildman–Crippen LogP) is 0.539. The number of nitrogens with zero attached hydrogens (tertiary/aromatic N) is 3. The number of nitrogens with one attached hydrogen (secondary N) is 1. The first-order valence-electron chi connectivity index (χ1n) is 5.97. The summed E-state index contributed by atoms with van der Waals surface area (Å²) in [5, 5.41) is 3.98. The quantitative estimate of drug-likeness (QED) is 0.819. The molecule has 96 valence electrons. The van der Waals surface area contributed by atoms with Crippen LogP contribution in [0.4, 0.5) is 0 Å². The summed E-state index contributed by atoms with van der Waals surface area (Å²) in [5.41, 5.74) is 6.97. The van der Waals surface area contributed by atoms with Crippen LogP contribution in [0.15, 0.2) is 17.0 Å². The van der Waals surface area contributed by atoms with E-state index < -0.39 is 0 Å². The van der Waals surface area contributed by atoms with Gasteiger partial charge < -0.3 is 20.0 Å². The third-order valence-electron chi connectivity index (χ3n) is 3.06. The number of imidazole rings is 1. The number of nitrogens with two attached hydrogens (primary N) is 1. The van der Waals surface area contributed by atoms with Crippen molar-refractivity contribution < 1.29 is 9.26 Å². The van der Waals surface area contributed by atoms with Crippen molar-refractivity contribution in [1.82, 2.24) is 20.1 Å². The topological polar surface area (TPSA) is 103 Å². The fraction of sp³-hybridized carbons (Fsp3) is 0.545. The minimum atomic E-state index is -0.311. The minimum Gasteiger partial charge on any atom is -0.381 e. The zero-order valence-electron chi connectivity index (χ0n) is 9.87. The maximum atomic E-state index is 6.02. The Morgan fingerprint density at radius 3 is 3.22 bits per heavy atom. The van der Waals surface area contributed by atoms with Crippen LogP contribution >= 0.6 is 0 Å². The summed E-state index contributed by atoms with van der Waals surface area (Å²) >= 11 is 0. The van der Waals surface area contributed by atoms with E-state index in [1.165, 1.54) is 0 Å². The number of rotatable bonds is 4. The number of hydrogen-bond acceptors (Lipinski definition) is 6. The molecule has 1 aliphatic rings.